The number of para-hydroxylation sites is 1. The number of allylic oxidation sites excluding steroid dienone is 1. The maximum atomic E-state index is 11.8. The largest absolute Gasteiger partial charge is 0.494 e. The lowest BCUT2D eigenvalue weighted by Gasteiger charge is -2.04. The number of aromatic hydroxyl groups is 1. The number of aromatic amines is 1. The predicted octanol–water partition coefficient (Wildman–Crippen LogP) is 1.04. The van der Waals surface area contributed by atoms with Gasteiger partial charge in [0.1, 0.15) is 5.56 Å². The summed E-state index contributed by atoms with van der Waals surface area (Å²) in [5, 5.41) is 9.92. The number of rotatable bonds is 1. The van der Waals surface area contributed by atoms with Crippen LogP contribution in [0.1, 0.15) is 11.1 Å². The molecule has 3 rings (SSSR count). The van der Waals surface area contributed by atoms with Gasteiger partial charge in [0.25, 0.3) is 5.56 Å². The average molecular weight is 269 g/mol. The van der Waals surface area contributed by atoms with E-state index in [1.165, 1.54) is 13.1 Å². The van der Waals surface area contributed by atoms with Gasteiger partial charge >= 0.3 is 5.69 Å². The van der Waals surface area contributed by atoms with Crippen LogP contribution in [0.25, 0.3) is 11.6 Å². The van der Waals surface area contributed by atoms with E-state index in [0.717, 1.165) is 15.8 Å². The molecular weight excluding hydrogens is 258 g/mol. The molecule has 0 saturated carbocycles. The molecule has 6 nitrogen and oxygen atoms in total. The average Bonchev–Trinajstić information content (AvgIpc) is 2.84. The van der Waals surface area contributed by atoms with E-state index in [2.05, 4.69) is 9.98 Å². The number of nitrogens with one attached hydrogen (secondary N) is 1. The van der Waals surface area contributed by atoms with Gasteiger partial charge in [0.15, 0.2) is 0 Å². The van der Waals surface area contributed by atoms with E-state index >= 15 is 0 Å². The summed E-state index contributed by atoms with van der Waals surface area (Å²) < 4.78 is 0.978. The molecule has 0 atom stereocenters. The number of hydrogen-bond acceptors (Lipinski definition) is 4. The smallest absolute Gasteiger partial charge is 0.330 e. The van der Waals surface area contributed by atoms with Gasteiger partial charge in [-0.2, -0.15) is 0 Å². The summed E-state index contributed by atoms with van der Waals surface area (Å²) in [6.45, 7) is 0. The highest BCUT2D eigenvalue weighted by Crippen LogP contribution is 2.32. The topological polar surface area (TPSA) is 87.4 Å². The monoisotopic (exact) mass is 269 g/mol. The molecule has 0 saturated heterocycles. The quantitative estimate of drug-likeness (QED) is 0.810. The zero-order valence-electron chi connectivity index (χ0n) is 10.6. The van der Waals surface area contributed by atoms with Gasteiger partial charge in [-0.25, -0.2) is 4.79 Å². The number of H-pyrrole nitrogens is 1. The Morgan fingerprint density at radius 2 is 2.05 bits per heavy atom. The lowest BCUT2D eigenvalue weighted by molar-refractivity contribution is 0.416. The van der Waals surface area contributed by atoms with Gasteiger partial charge in [-0.1, -0.05) is 18.2 Å². The molecule has 20 heavy (non-hydrogen) atoms. The maximum Gasteiger partial charge on any atom is 0.330 e. The van der Waals surface area contributed by atoms with Crippen LogP contribution >= 0.6 is 0 Å². The van der Waals surface area contributed by atoms with E-state index in [4.69, 9.17) is 0 Å². The molecule has 0 amide bonds. The molecule has 0 unspecified atom stereocenters. The third-order valence-electron chi connectivity index (χ3n) is 3.19. The number of fused-ring (bicyclic) bond motifs is 1. The normalized spacial score (nSPS) is 14.8. The van der Waals surface area contributed by atoms with Gasteiger partial charge in [-0.3, -0.25) is 19.3 Å². The van der Waals surface area contributed by atoms with Gasteiger partial charge in [0, 0.05) is 24.4 Å². The highest BCUT2D eigenvalue weighted by molar-refractivity contribution is 6.21. The Kier molecular flexibility index (Phi) is 2.64. The van der Waals surface area contributed by atoms with Crippen LogP contribution in [-0.2, 0) is 7.05 Å². The molecule has 0 spiro atoms. The first-order chi connectivity index (χ1) is 9.58. The van der Waals surface area contributed by atoms with E-state index in [1.807, 2.05) is 24.3 Å². The van der Waals surface area contributed by atoms with E-state index in [-0.39, 0.29) is 11.4 Å². The summed E-state index contributed by atoms with van der Waals surface area (Å²) in [5.74, 6) is -0.371. The predicted molar refractivity (Wildman–Crippen MR) is 76.4 cm³/mol. The van der Waals surface area contributed by atoms with E-state index in [9.17, 15) is 14.7 Å². The summed E-state index contributed by atoms with van der Waals surface area (Å²) in [5.41, 5.74) is 1.14. The highest BCUT2D eigenvalue weighted by atomic mass is 16.3. The molecule has 1 aromatic heterocycles. The Bertz CT molecular complexity index is 872. The Hall–Kier alpha value is -2.89. The SMILES string of the molecule is Cn1c(O)c(C=C2C=Nc3ccccc32)c(=O)[nH]c1=O. The van der Waals surface area contributed by atoms with Crippen molar-refractivity contribution >= 4 is 23.6 Å². The summed E-state index contributed by atoms with van der Waals surface area (Å²) in [6.07, 6.45) is 3.14. The molecule has 1 aliphatic rings. The molecule has 6 heteroatoms. The molecule has 2 N–H and O–H groups in total. The van der Waals surface area contributed by atoms with Gasteiger partial charge in [0.2, 0.25) is 5.88 Å². The van der Waals surface area contributed by atoms with Crippen LogP contribution in [-0.4, -0.2) is 20.9 Å². The third kappa shape index (κ3) is 1.78. The van der Waals surface area contributed by atoms with Gasteiger partial charge in [-0.15, -0.1) is 0 Å². The van der Waals surface area contributed by atoms with Crippen LogP contribution in [0.2, 0.25) is 0 Å². The molecule has 0 bridgehead atoms. The van der Waals surface area contributed by atoms with Crippen molar-refractivity contribution in [2.75, 3.05) is 0 Å². The third-order valence-corrected chi connectivity index (χ3v) is 3.19. The van der Waals surface area contributed by atoms with Crippen molar-refractivity contribution in [3.05, 3.63) is 56.2 Å². The van der Waals surface area contributed by atoms with Crippen LogP contribution < -0.4 is 11.2 Å². The van der Waals surface area contributed by atoms with Gasteiger partial charge in [0.05, 0.1) is 5.69 Å². The number of hydrogen-bond donors (Lipinski definition) is 2. The maximum absolute atomic E-state index is 11.8. The first-order valence-corrected chi connectivity index (χ1v) is 5.95. The summed E-state index contributed by atoms with van der Waals surface area (Å²) in [7, 11) is 1.38. The van der Waals surface area contributed by atoms with Crippen molar-refractivity contribution in [2.24, 2.45) is 12.0 Å². The van der Waals surface area contributed by atoms with Crippen molar-refractivity contribution in [1.29, 1.82) is 0 Å². The molecule has 0 radical (unpaired) electrons. The van der Waals surface area contributed by atoms with Crippen LogP contribution in [0.3, 0.4) is 0 Å². The summed E-state index contributed by atoms with van der Waals surface area (Å²) in [6, 6.07) is 7.47. The van der Waals surface area contributed by atoms with E-state index in [0.29, 0.717) is 5.57 Å². The number of benzene rings is 1. The first kappa shape index (κ1) is 12.2. The molecule has 1 aromatic carbocycles. The minimum Gasteiger partial charge on any atom is -0.494 e. The molecule has 2 aromatic rings. The second-order valence-electron chi connectivity index (χ2n) is 4.43. The lowest BCUT2D eigenvalue weighted by atomic mass is 10.1. The molecule has 100 valence electrons. The van der Waals surface area contributed by atoms with Crippen molar-refractivity contribution in [3.8, 4) is 5.88 Å². The molecule has 2 heterocycles. The van der Waals surface area contributed by atoms with Crippen LogP contribution in [0, 0.1) is 0 Å². The van der Waals surface area contributed by atoms with Crippen LogP contribution in [0.4, 0.5) is 5.69 Å². The number of nitrogens with zero attached hydrogens (tertiary/aromatic N) is 2. The molecular formula is C14H11N3O3. The number of aromatic nitrogens is 2. The van der Waals surface area contributed by atoms with Crippen molar-refractivity contribution in [3.63, 3.8) is 0 Å². The van der Waals surface area contributed by atoms with E-state index in [1.54, 1.807) is 6.21 Å². The zero-order chi connectivity index (χ0) is 14.3. The Balaban J connectivity index is 2.21. The van der Waals surface area contributed by atoms with Crippen molar-refractivity contribution in [1.82, 2.24) is 9.55 Å². The second kappa shape index (κ2) is 4.34. The second-order valence-corrected chi connectivity index (χ2v) is 4.43. The van der Waals surface area contributed by atoms with Crippen molar-refractivity contribution < 1.29 is 5.11 Å². The van der Waals surface area contributed by atoms with Gasteiger partial charge < -0.3 is 5.11 Å². The zero-order valence-corrected chi connectivity index (χ0v) is 10.6. The minimum absolute atomic E-state index is 0.0326. The highest BCUT2D eigenvalue weighted by Gasteiger charge is 2.15. The molecule has 1 aliphatic heterocycles. The first-order valence-electron chi connectivity index (χ1n) is 5.95. The number of aliphatic imine (C=N–C) groups is 1. The Morgan fingerprint density at radius 3 is 2.85 bits per heavy atom. The molecule has 0 fully saturated rings. The Morgan fingerprint density at radius 1 is 1.30 bits per heavy atom. The van der Waals surface area contributed by atoms with Crippen LogP contribution in [0.15, 0.2) is 38.8 Å². The lowest BCUT2D eigenvalue weighted by Crippen LogP contribution is -2.29. The molecule has 0 aliphatic carbocycles. The summed E-state index contributed by atoms with van der Waals surface area (Å²) in [4.78, 5) is 29.5. The van der Waals surface area contributed by atoms with Crippen LogP contribution in [0.5, 0.6) is 5.88 Å². The van der Waals surface area contributed by atoms with Crippen molar-refractivity contribution in [2.45, 2.75) is 0 Å². The standard InChI is InChI=1S/C14H11N3O3/c1-17-13(19)10(12(18)16-14(17)20)6-8-7-15-11-5-3-2-4-9(8)11/h2-7,19H,1H3,(H,16,18,20). The Labute approximate surface area is 113 Å². The van der Waals surface area contributed by atoms with Gasteiger partial charge in [-0.05, 0) is 12.1 Å². The summed E-state index contributed by atoms with van der Waals surface area (Å²) >= 11 is 0. The fourth-order valence-electron chi connectivity index (χ4n) is 2.07. The fourth-order valence-corrected chi connectivity index (χ4v) is 2.07. The minimum atomic E-state index is -0.657. The van der Waals surface area contributed by atoms with E-state index < -0.39 is 11.2 Å². The fraction of sp³-hybridized carbons (Fsp3) is 0.0714.